The molecule has 0 aromatic carbocycles. The highest BCUT2D eigenvalue weighted by atomic mass is 79.9. The molecule has 1 rings (SSSR count). The van der Waals surface area contributed by atoms with Crippen LogP contribution in [0.25, 0.3) is 0 Å². The molecule has 0 aliphatic carbocycles. The standard InChI is InChI=1S/C7H6BrNO2/c8-6-1-2-9-4-5(6)3-7(10)11/h1-2,4H,3H2,(H,10,11). The Labute approximate surface area is 72.2 Å². The minimum atomic E-state index is -0.848. The molecule has 0 spiro atoms. The lowest BCUT2D eigenvalue weighted by Crippen LogP contribution is -2.00. The number of aromatic nitrogens is 1. The summed E-state index contributed by atoms with van der Waals surface area (Å²) in [7, 11) is 0. The molecule has 4 heteroatoms. The second kappa shape index (κ2) is 3.48. The van der Waals surface area contributed by atoms with E-state index < -0.39 is 5.97 Å². The van der Waals surface area contributed by atoms with Crippen LogP contribution in [0.15, 0.2) is 22.9 Å². The second-order valence-corrected chi connectivity index (χ2v) is 2.89. The van der Waals surface area contributed by atoms with Crippen LogP contribution in [0.2, 0.25) is 0 Å². The van der Waals surface area contributed by atoms with Crippen molar-refractivity contribution in [2.75, 3.05) is 0 Å². The molecular weight excluding hydrogens is 210 g/mol. The first-order valence-electron chi connectivity index (χ1n) is 3.00. The first-order chi connectivity index (χ1) is 5.20. The summed E-state index contributed by atoms with van der Waals surface area (Å²) in [6.07, 6.45) is 3.15. The highest BCUT2D eigenvalue weighted by Crippen LogP contribution is 2.14. The molecule has 1 heterocycles. The lowest BCUT2D eigenvalue weighted by molar-refractivity contribution is -0.136. The van der Waals surface area contributed by atoms with Crippen LogP contribution in [0.4, 0.5) is 0 Å². The highest BCUT2D eigenvalue weighted by molar-refractivity contribution is 9.10. The van der Waals surface area contributed by atoms with E-state index in [0.29, 0.717) is 5.56 Å². The fourth-order valence-corrected chi connectivity index (χ4v) is 1.06. The van der Waals surface area contributed by atoms with Gasteiger partial charge in [-0.25, -0.2) is 0 Å². The number of carboxylic acid groups (broad SMARTS) is 1. The van der Waals surface area contributed by atoms with E-state index in [-0.39, 0.29) is 6.42 Å². The average molecular weight is 216 g/mol. The summed E-state index contributed by atoms with van der Waals surface area (Å²) >= 11 is 3.22. The molecule has 58 valence electrons. The molecule has 1 aromatic heterocycles. The van der Waals surface area contributed by atoms with Crippen LogP contribution in [0.3, 0.4) is 0 Å². The minimum absolute atomic E-state index is 0.00836. The van der Waals surface area contributed by atoms with Gasteiger partial charge in [-0.05, 0) is 11.6 Å². The molecule has 1 N–H and O–H groups in total. The predicted octanol–water partition coefficient (Wildman–Crippen LogP) is 1.47. The zero-order valence-corrected chi connectivity index (χ0v) is 7.21. The number of carboxylic acids is 1. The summed E-state index contributed by atoms with van der Waals surface area (Å²) in [5.41, 5.74) is 0.694. The van der Waals surface area contributed by atoms with E-state index in [1.165, 1.54) is 6.20 Å². The minimum Gasteiger partial charge on any atom is -0.481 e. The van der Waals surface area contributed by atoms with Crippen LogP contribution in [0.1, 0.15) is 5.56 Å². The largest absolute Gasteiger partial charge is 0.481 e. The van der Waals surface area contributed by atoms with Gasteiger partial charge in [0.1, 0.15) is 0 Å². The molecule has 0 saturated carbocycles. The van der Waals surface area contributed by atoms with E-state index in [1.807, 2.05) is 0 Å². The number of hydrogen-bond donors (Lipinski definition) is 1. The summed E-state index contributed by atoms with van der Waals surface area (Å²) in [6.45, 7) is 0. The monoisotopic (exact) mass is 215 g/mol. The smallest absolute Gasteiger partial charge is 0.307 e. The molecule has 0 amide bonds. The van der Waals surface area contributed by atoms with Gasteiger partial charge in [0.05, 0.1) is 6.42 Å². The highest BCUT2D eigenvalue weighted by Gasteiger charge is 2.03. The van der Waals surface area contributed by atoms with E-state index in [2.05, 4.69) is 20.9 Å². The Hall–Kier alpha value is -0.900. The number of nitrogens with zero attached hydrogens (tertiary/aromatic N) is 1. The van der Waals surface area contributed by atoms with Gasteiger partial charge >= 0.3 is 5.97 Å². The second-order valence-electron chi connectivity index (χ2n) is 2.04. The first kappa shape index (κ1) is 8.20. The van der Waals surface area contributed by atoms with Crippen molar-refractivity contribution in [2.24, 2.45) is 0 Å². The van der Waals surface area contributed by atoms with Crippen molar-refractivity contribution in [1.82, 2.24) is 4.98 Å². The number of pyridine rings is 1. The summed E-state index contributed by atoms with van der Waals surface area (Å²) in [4.78, 5) is 14.1. The third-order valence-electron chi connectivity index (χ3n) is 1.19. The summed E-state index contributed by atoms with van der Waals surface area (Å²) in [5, 5.41) is 8.44. The van der Waals surface area contributed by atoms with Crippen molar-refractivity contribution in [3.8, 4) is 0 Å². The maximum atomic E-state index is 10.3. The molecule has 0 radical (unpaired) electrons. The van der Waals surface area contributed by atoms with Gasteiger partial charge in [0.2, 0.25) is 0 Å². The number of hydrogen-bond acceptors (Lipinski definition) is 2. The third kappa shape index (κ3) is 2.31. The van der Waals surface area contributed by atoms with Gasteiger partial charge in [-0.2, -0.15) is 0 Å². The molecule has 0 aliphatic rings. The molecule has 0 saturated heterocycles. The van der Waals surface area contributed by atoms with Gasteiger partial charge in [-0.1, -0.05) is 15.9 Å². The van der Waals surface area contributed by atoms with Crippen molar-refractivity contribution in [1.29, 1.82) is 0 Å². The first-order valence-corrected chi connectivity index (χ1v) is 3.79. The zero-order valence-electron chi connectivity index (χ0n) is 5.62. The van der Waals surface area contributed by atoms with Gasteiger partial charge in [0.15, 0.2) is 0 Å². The Morgan fingerprint density at radius 1 is 1.73 bits per heavy atom. The van der Waals surface area contributed by atoms with Crippen molar-refractivity contribution in [3.63, 3.8) is 0 Å². The summed E-state index contributed by atoms with van der Waals surface area (Å²) in [6, 6.07) is 1.72. The molecule has 3 nitrogen and oxygen atoms in total. The number of carbonyl (C=O) groups is 1. The molecule has 0 fully saturated rings. The third-order valence-corrected chi connectivity index (χ3v) is 1.96. The van der Waals surface area contributed by atoms with Crippen LogP contribution in [0.5, 0.6) is 0 Å². The Morgan fingerprint density at radius 2 is 2.45 bits per heavy atom. The lowest BCUT2D eigenvalue weighted by atomic mass is 10.2. The zero-order chi connectivity index (χ0) is 8.27. The Morgan fingerprint density at radius 3 is 3.00 bits per heavy atom. The van der Waals surface area contributed by atoms with Crippen LogP contribution in [-0.4, -0.2) is 16.1 Å². The van der Waals surface area contributed by atoms with Crippen molar-refractivity contribution < 1.29 is 9.90 Å². The Bertz CT molecular complexity index is 275. The molecule has 1 aromatic rings. The van der Waals surface area contributed by atoms with Gasteiger partial charge in [0, 0.05) is 16.9 Å². The van der Waals surface area contributed by atoms with E-state index in [0.717, 1.165) is 4.47 Å². The maximum Gasteiger partial charge on any atom is 0.307 e. The van der Waals surface area contributed by atoms with E-state index in [1.54, 1.807) is 12.3 Å². The quantitative estimate of drug-likeness (QED) is 0.814. The van der Waals surface area contributed by atoms with E-state index >= 15 is 0 Å². The van der Waals surface area contributed by atoms with Gasteiger partial charge < -0.3 is 5.11 Å². The number of halogens is 1. The topological polar surface area (TPSA) is 50.2 Å². The van der Waals surface area contributed by atoms with Crippen LogP contribution < -0.4 is 0 Å². The predicted molar refractivity (Wildman–Crippen MR) is 43.3 cm³/mol. The number of aliphatic carboxylic acids is 1. The fourth-order valence-electron chi connectivity index (χ4n) is 0.703. The Kier molecular flexibility index (Phi) is 2.59. The van der Waals surface area contributed by atoms with Gasteiger partial charge in [0.25, 0.3) is 0 Å². The van der Waals surface area contributed by atoms with E-state index in [9.17, 15) is 4.79 Å². The molecule has 11 heavy (non-hydrogen) atoms. The average Bonchev–Trinajstić information content (AvgIpc) is 1.93. The van der Waals surface area contributed by atoms with E-state index in [4.69, 9.17) is 5.11 Å². The van der Waals surface area contributed by atoms with Crippen molar-refractivity contribution in [3.05, 3.63) is 28.5 Å². The van der Waals surface area contributed by atoms with Gasteiger partial charge in [-0.3, -0.25) is 9.78 Å². The van der Waals surface area contributed by atoms with Crippen LogP contribution in [-0.2, 0) is 11.2 Å². The molecule has 0 bridgehead atoms. The molecular formula is C7H6BrNO2. The van der Waals surface area contributed by atoms with Gasteiger partial charge in [-0.15, -0.1) is 0 Å². The fraction of sp³-hybridized carbons (Fsp3) is 0.143. The summed E-state index contributed by atoms with van der Waals surface area (Å²) < 4.78 is 0.787. The molecule has 0 unspecified atom stereocenters. The molecule has 0 aliphatic heterocycles. The molecule has 0 atom stereocenters. The van der Waals surface area contributed by atoms with Crippen LogP contribution >= 0.6 is 15.9 Å². The van der Waals surface area contributed by atoms with Crippen LogP contribution in [0, 0.1) is 0 Å². The van der Waals surface area contributed by atoms with Crippen molar-refractivity contribution >= 4 is 21.9 Å². The summed E-state index contributed by atoms with van der Waals surface area (Å²) in [5.74, 6) is -0.848. The normalized spacial score (nSPS) is 9.55. The number of rotatable bonds is 2. The lowest BCUT2D eigenvalue weighted by Gasteiger charge is -1.97. The Balaban J connectivity index is 2.86. The maximum absolute atomic E-state index is 10.3. The van der Waals surface area contributed by atoms with Crippen molar-refractivity contribution in [2.45, 2.75) is 6.42 Å². The SMILES string of the molecule is O=C(O)Cc1cnccc1Br.